The maximum absolute atomic E-state index is 12.6. The van der Waals surface area contributed by atoms with Gasteiger partial charge in [-0.1, -0.05) is 11.6 Å². The summed E-state index contributed by atoms with van der Waals surface area (Å²) in [6.07, 6.45) is 8.35. The number of allylic oxidation sites excluding steroid dienone is 2. The number of carbonyl (C=O) groups excluding carboxylic acids is 2. The van der Waals surface area contributed by atoms with Crippen molar-refractivity contribution in [2.75, 3.05) is 6.61 Å². The number of ketones is 1. The summed E-state index contributed by atoms with van der Waals surface area (Å²) in [5.41, 5.74) is 4.82. The molecule has 0 radical (unpaired) electrons. The molecule has 2 aromatic rings. The van der Waals surface area contributed by atoms with E-state index in [1.54, 1.807) is 6.92 Å². The van der Waals surface area contributed by atoms with Gasteiger partial charge >= 0.3 is 5.97 Å². The Morgan fingerprint density at radius 3 is 2.64 bits per heavy atom. The van der Waals surface area contributed by atoms with Gasteiger partial charge in [-0.05, 0) is 65.9 Å². The first-order valence-electron chi connectivity index (χ1n) is 9.85. The standard InChI is InChI=1S/C22H28N2O3S/c1-14-12-19(16(3)24(14)11-10-18-8-6-5-7-9-18)20(25)13-27-22(26)21-15(2)23-17(4)28-21/h8,12H,5-7,9-11,13H2,1-4H3. The number of carbonyl (C=O) groups is 2. The third kappa shape index (κ3) is 4.61. The van der Waals surface area contributed by atoms with Crippen LogP contribution in [0.3, 0.4) is 0 Å². The summed E-state index contributed by atoms with van der Waals surface area (Å²) in [6, 6.07) is 1.91. The molecule has 0 saturated heterocycles. The van der Waals surface area contributed by atoms with E-state index in [4.69, 9.17) is 4.74 Å². The smallest absolute Gasteiger partial charge is 0.350 e. The first kappa shape index (κ1) is 20.5. The summed E-state index contributed by atoms with van der Waals surface area (Å²) in [5, 5.41) is 0.812. The van der Waals surface area contributed by atoms with Crippen molar-refractivity contribution in [3.8, 4) is 0 Å². The summed E-state index contributed by atoms with van der Waals surface area (Å²) >= 11 is 1.29. The number of ether oxygens (including phenoxy) is 1. The molecule has 1 aliphatic carbocycles. The highest BCUT2D eigenvalue weighted by molar-refractivity contribution is 7.13. The molecule has 0 unspecified atom stereocenters. The van der Waals surface area contributed by atoms with E-state index in [1.165, 1.54) is 42.6 Å². The molecule has 0 amide bonds. The molecule has 1 aliphatic rings. The van der Waals surface area contributed by atoms with E-state index >= 15 is 0 Å². The monoisotopic (exact) mass is 400 g/mol. The summed E-state index contributed by atoms with van der Waals surface area (Å²) in [5.74, 6) is -0.641. The van der Waals surface area contributed by atoms with Gasteiger partial charge in [0, 0.05) is 23.5 Å². The van der Waals surface area contributed by atoms with Crippen LogP contribution in [0.1, 0.15) is 74.2 Å². The molecule has 2 heterocycles. The molecule has 0 aromatic carbocycles. The lowest BCUT2D eigenvalue weighted by molar-refractivity contribution is 0.0478. The zero-order chi connectivity index (χ0) is 20.3. The van der Waals surface area contributed by atoms with E-state index in [0.29, 0.717) is 16.1 Å². The predicted octanol–water partition coefficient (Wildman–Crippen LogP) is 5.11. The fourth-order valence-electron chi connectivity index (χ4n) is 3.81. The van der Waals surface area contributed by atoms with Gasteiger partial charge < -0.3 is 9.30 Å². The van der Waals surface area contributed by atoms with Gasteiger partial charge in [-0.25, -0.2) is 9.78 Å². The van der Waals surface area contributed by atoms with Crippen molar-refractivity contribution in [1.29, 1.82) is 0 Å². The number of aromatic nitrogens is 2. The van der Waals surface area contributed by atoms with E-state index in [1.807, 2.05) is 26.8 Å². The molecule has 5 nitrogen and oxygen atoms in total. The Morgan fingerprint density at radius 2 is 2.00 bits per heavy atom. The lowest BCUT2D eigenvalue weighted by atomic mass is 9.97. The molecule has 0 spiro atoms. The number of Topliss-reactive ketones (excluding diaryl/α,β-unsaturated/α-hetero) is 1. The van der Waals surface area contributed by atoms with Crippen LogP contribution in [0.2, 0.25) is 0 Å². The van der Waals surface area contributed by atoms with Crippen molar-refractivity contribution in [3.05, 3.63) is 50.2 Å². The molecule has 2 aromatic heterocycles. The van der Waals surface area contributed by atoms with Crippen LogP contribution in [0.4, 0.5) is 0 Å². The lowest BCUT2D eigenvalue weighted by Gasteiger charge is -2.15. The first-order valence-corrected chi connectivity index (χ1v) is 10.7. The average molecular weight is 401 g/mol. The van der Waals surface area contributed by atoms with Gasteiger partial charge in [0.1, 0.15) is 4.88 Å². The number of nitrogens with zero attached hydrogens (tertiary/aromatic N) is 2. The number of thiazole rings is 1. The lowest BCUT2D eigenvalue weighted by Crippen LogP contribution is -2.15. The molecule has 0 aliphatic heterocycles. The molecule has 6 heteroatoms. The van der Waals surface area contributed by atoms with Gasteiger partial charge in [0.25, 0.3) is 0 Å². The zero-order valence-electron chi connectivity index (χ0n) is 17.1. The minimum Gasteiger partial charge on any atom is -0.453 e. The highest BCUT2D eigenvalue weighted by Crippen LogP contribution is 2.23. The van der Waals surface area contributed by atoms with Gasteiger partial charge in [0.15, 0.2) is 6.61 Å². The van der Waals surface area contributed by atoms with Crippen molar-refractivity contribution >= 4 is 23.1 Å². The molecule has 0 atom stereocenters. The van der Waals surface area contributed by atoms with Crippen molar-refractivity contribution in [1.82, 2.24) is 9.55 Å². The quantitative estimate of drug-likeness (QED) is 0.368. The van der Waals surface area contributed by atoms with Crippen LogP contribution in [-0.2, 0) is 11.3 Å². The predicted molar refractivity (Wildman–Crippen MR) is 111 cm³/mol. The van der Waals surface area contributed by atoms with Crippen molar-refractivity contribution in [2.24, 2.45) is 0 Å². The third-order valence-electron chi connectivity index (χ3n) is 5.34. The maximum atomic E-state index is 12.6. The van der Waals surface area contributed by atoms with Crippen LogP contribution in [0, 0.1) is 27.7 Å². The van der Waals surface area contributed by atoms with Crippen molar-refractivity contribution in [3.63, 3.8) is 0 Å². The summed E-state index contributed by atoms with van der Waals surface area (Å²) in [4.78, 5) is 29.6. The van der Waals surface area contributed by atoms with Crippen molar-refractivity contribution in [2.45, 2.75) is 66.3 Å². The molecule has 3 rings (SSSR count). The number of esters is 1. The fraction of sp³-hybridized carbons (Fsp3) is 0.500. The average Bonchev–Trinajstić information content (AvgIpc) is 3.16. The van der Waals surface area contributed by atoms with Crippen molar-refractivity contribution < 1.29 is 14.3 Å². The Bertz CT molecular complexity index is 921. The van der Waals surface area contributed by atoms with E-state index < -0.39 is 5.97 Å². The van der Waals surface area contributed by atoms with Gasteiger partial charge in [-0.15, -0.1) is 11.3 Å². The highest BCUT2D eigenvalue weighted by Gasteiger charge is 2.20. The van der Waals surface area contributed by atoms with E-state index in [0.717, 1.165) is 29.4 Å². The van der Waals surface area contributed by atoms with Crippen LogP contribution in [0.15, 0.2) is 17.7 Å². The summed E-state index contributed by atoms with van der Waals surface area (Å²) in [7, 11) is 0. The Balaban J connectivity index is 1.63. The van der Waals surface area contributed by atoms with E-state index in [-0.39, 0.29) is 12.4 Å². The topological polar surface area (TPSA) is 61.2 Å². The maximum Gasteiger partial charge on any atom is 0.350 e. The van der Waals surface area contributed by atoms with Gasteiger partial charge in [0.2, 0.25) is 5.78 Å². The third-order valence-corrected chi connectivity index (χ3v) is 6.39. The molecule has 150 valence electrons. The SMILES string of the molecule is Cc1nc(C)c(C(=O)OCC(=O)c2cc(C)n(CCC3=CCCCC3)c2C)s1. The van der Waals surface area contributed by atoms with Gasteiger partial charge in [0.05, 0.1) is 10.7 Å². The zero-order valence-corrected chi connectivity index (χ0v) is 17.9. The first-order chi connectivity index (χ1) is 13.4. The summed E-state index contributed by atoms with van der Waals surface area (Å²) in [6.45, 7) is 8.25. The molecular weight excluding hydrogens is 372 g/mol. The molecular formula is C22H28N2O3S. The van der Waals surface area contributed by atoms with Gasteiger partial charge in [-0.2, -0.15) is 0 Å². The second kappa shape index (κ2) is 8.86. The molecule has 0 saturated carbocycles. The molecule has 0 N–H and O–H groups in total. The Kier molecular flexibility index (Phi) is 6.50. The highest BCUT2D eigenvalue weighted by atomic mass is 32.1. The number of hydrogen-bond donors (Lipinski definition) is 0. The number of aryl methyl sites for hydroxylation is 3. The second-order valence-electron chi connectivity index (χ2n) is 7.44. The van der Waals surface area contributed by atoms with Gasteiger partial charge in [-0.3, -0.25) is 4.79 Å². The minimum absolute atomic E-state index is 0.163. The van der Waals surface area contributed by atoms with E-state index in [9.17, 15) is 9.59 Å². The Hall–Kier alpha value is -2.21. The van der Waals surface area contributed by atoms with Crippen LogP contribution in [0.5, 0.6) is 0 Å². The molecule has 0 bridgehead atoms. The van der Waals surface area contributed by atoms with Crippen LogP contribution >= 0.6 is 11.3 Å². The van der Waals surface area contributed by atoms with E-state index in [2.05, 4.69) is 15.6 Å². The minimum atomic E-state index is -0.477. The Labute approximate surface area is 170 Å². The summed E-state index contributed by atoms with van der Waals surface area (Å²) < 4.78 is 7.46. The normalized spacial score (nSPS) is 14.1. The second-order valence-corrected chi connectivity index (χ2v) is 8.64. The van der Waals surface area contributed by atoms with Crippen LogP contribution in [-0.4, -0.2) is 27.9 Å². The molecule has 0 fully saturated rings. The Morgan fingerprint density at radius 1 is 1.21 bits per heavy atom. The molecule has 28 heavy (non-hydrogen) atoms. The fourth-order valence-corrected chi connectivity index (χ4v) is 4.62. The number of hydrogen-bond acceptors (Lipinski definition) is 5. The number of rotatable bonds is 7. The largest absolute Gasteiger partial charge is 0.453 e. The van der Waals surface area contributed by atoms with Crippen LogP contribution < -0.4 is 0 Å². The van der Waals surface area contributed by atoms with Crippen LogP contribution in [0.25, 0.3) is 0 Å².